The lowest BCUT2D eigenvalue weighted by molar-refractivity contribution is 0.00762. The van der Waals surface area contributed by atoms with Crippen molar-refractivity contribution in [2.45, 2.75) is 40.2 Å². The van der Waals surface area contributed by atoms with E-state index in [1.54, 1.807) is 34.6 Å². The average Bonchev–Trinajstić information content (AvgIpc) is 2.54. The third-order valence-electron chi connectivity index (χ3n) is 2.24. The first kappa shape index (κ1) is 15.5. The van der Waals surface area contributed by atoms with Gasteiger partial charge in [-0.3, -0.25) is 0 Å². The van der Waals surface area contributed by atoms with Gasteiger partial charge in [-0.05, 0) is 40.2 Å². The molecule has 19 heavy (non-hydrogen) atoms. The minimum atomic E-state index is -0.606. The molecule has 1 rings (SSSR count). The third kappa shape index (κ3) is 3.70. The Morgan fingerprint density at radius 3 is 2.26 bits per heavy atom. The Hall–Kier alpha value is -1.56. The van der Waals surface area contributed by atoms with Gasteiger partial charge in [0.05, 0.1) is 12.3 Å². The molecule has 0 bridgehead atoms. The summed E-state index contributed by atoms with van der Waals surface area (Å²) in [6.45, 7) is 9.00. The van der Waals surface area contributed by atoms with Crippen LogP contribution in [0.5, 0.6) is 0 Å². The predicted molar refractivity (Wildman–Crippen MR) is 74.6 cm³/mol. The van der Waals surface area contributed by atoms with Gasteiger partial charge in [0.1, 0.15) is 15.4 Å². The Kier molecular flexibility index (Phi) is 4.57. The first-order chi connectivity index (χ1) is 8.67. The molecule has 1 heterocycles. The number of carbonyl (C=O) groups excluding carboxylic acids is 2. The highest BCUT2D eigenvalue weighted by atomic mass is 32.1. The van der Waals surface area contributed by atoms with Gasteiger partial charge in [-0.1, -0.05) is 0 Å². The Balaban J connectivity index is 3.08. The smallest absolute Gasteiger partial charge is 0.351 e. The zero-order valence-corrected chi connectivity index (χ0v) is 12.6. The minimum Gasteiger partial charge on any atom is -0.462 e. The van der Waals surface area contributed by atoms with Crippen LogP contribution in [0.15, 0.2) is 0 Å². The average molecular weight is 285 g/mol. The molecule has 0 aliphatic rings. The molecule has 0 amide bonds. The minimum absolute atomic E-state index is 0.246. The standard InChI is InChI=1S/C13H19NO4S/c1-6-17-11(15)9-7(2)8(14)10(19-9)12(16)18-13(3,4)5/h6,14H2,1-5H3. The molecule has 0 saturated heterocycles. The van der Waals surface area contributed by atoms with Crippen molar-refractivity contribution in [2.24, 2.45) is 0 Å². The highest BCUT2D eigenvalue weighted by Gasteiger charge is 2.26. The van der Waals surface area contributed by atoms with Crippen LogP contribution in [0, 0.1) is 6.92 Å². The zero-order chi connectivity index (χ0) is 14.8. The second-order valence-corrected chi connectivity index (χ2v) is 6.04. The molecule has 106 valence electrons. The molecule has 0 aliphatic heterocycles. The van der Waals surface area contributed by atoms with E-state index in [1.807, 2.05) is 0 Å². The van der Waals surface area contributed by atoms with Crippen molar-refractivity contribution >= 4 is 29.0 Å². The Morgan fingerprint density at radius 1 is 1.21 bits per heavy atom. The van der Waals surface area contributed by atoms with E-state index in [4.69, 9.17) is 15.2 Å². The van der Waals surface area contributed by atoms with Crippen molar-refractivity contribution in [1.29, 1.82) is 0 Å². The van der Waals surface area contributed by atoms with Gasteiger partial charge in [-0.15, -0.1) is 11.3 Å². The molecule has 1 aromatic rings. The molecule has 0 spiro atoms. The van der Waals surface area contributed by atoms with Crippen molar-refractivity contribution in [3.8, 4) is 0 Å². The van der Waals surface area contributed by atoms with Crippen LogP contribution in [0.2, 0.25) is 0 Å². The fourth-order valence-electron chi connectivity index (χ4n) is 1.39. The molecule has 0 unspecified atom stereocenters. The molecule has 0 atom stereocenters. The van der Waals surface area contributed by atoms with Crippen LogP contribution in [0.3, 0.4) is 0 Å². The first-order valence-corrected chi connectivity index (χ1v) is 6.78. The number of nitrogens with two attached hydrogens (primary N) is 1. The van der Waals surface area contributed by atoms with E-state index in [1.165, 1.54) is 0 Å². The number of ether oxygens (including phenoxy) is 2. The second kappa shape index (κ2) is 5.61. The first-order valence-electron chi connectivity index (χ1n) is 5.96. The summed E-state index contributed by atoms with van der Waals surface area (Å²) in [6.07, 6.45) is 0. The molecule has 6 heteroatoms. The molecule has 0 fully saturated rings. The van der Waals surface area contributed by atoms with Gasteiger partial charge in [0.2, 0.25) is 0 Å². The van der Waals surface area contributed by atoms with Crippen molar-refractivity contribution in [1.82, 2.24) is 0 Å². The van der Waals surface area contributed by atoms with E-state index in [2.05, 4.69) is 0 Å². The molecule has 0 radical (unpaired) electrons. The SMILES string of the molecule is CCOC(=O)c1sc(C(=O)OC(C)(C)C)c(N)c1C. The van der Waals surface area contributed by atoms with Crippen LogP contribution in [0.4, 0.5) is 5.69 Å². The summed E-state index contributed by atoms with van der Waals surface area (Å²) in [5.41, 5.74) is 6.09. The van der Waals surface area contributed by atoms with Crippen LogP contribution in [-0.2, 0) is 9.47 Å². The summed E-state index contributed by atoms with van der Waals surface area (Å²) in [4.78, 5) is 24.3. The summed E-state index contributed by atoms with van der Waals surface area (Å²) < 4.78 is 10.2. The van der Waals surface area contributed by atoms with E-state index in [0.717, 1.165) is 11.3 Å². The third-order valence-corrected chi connectivity index (χ3v) is 3.51. The zero-order valence-electron chi connectivity index (χ0n) is 11.8. The number of esters is 2. The fraction of sp³-hybridized carbons (Fsp3) is 0.538. The van der Waals surface area contributed by atoms with Crippen LogP contribution in [0.1, 0.15) is 52.6 Å². The Labute approximate surface area is 116 Å². The number of hydrogen-bond donors (Lipinski definition) is 1. The lowest BCUT2D eigenvalue weighted by atomic mass is 10.2. The topological polar surface area (TPSA) is 78.6 Å². The summed E-state index contributed by atoms with van der Waals surface area (Å²) in [6, 6.07) is 0. The van der Waals surface area contributed by atoms with Crippen LogP contribution in [-0.4, -0.2) is 24.1 Å². The quantitative estimate of drug-likeness (QED) is 0.864. The Morgan fingerprint density at radius 2 is 1.79 bits per heavy atom. The van der Waals surface area contributed by atoms with Gasteiger partial charge in [0.15, 0.2) is 0 Å². The summed E-state index contributed by atoms with van der Waals surface area (Å²) in [5, 5.41) is 0. The van der Waals surface area contributed by atoms with Gasteiger partial charge in [-0.2, -0.15) is 0 Å². The molecular weight excluding hydrogens is 266 g/mol. The highest BCUT2D eigenvalue weighted by molar-refractivity contribution is 7.16. The molecular formula is C13H19NO4S. The van der Waals surface area contributed by atoms with E-state index >= 15 is 0 Å². The number of anilines is 1. The van der Waals surface area contributed by atoms with Crippen molar-refractivity contribution in [2.75, 3.05) is 12.3 Å². The molecule has 5 nitrogen and oxygen atoms in total. The maximum atomic E-state index is 12.0. The van der Waals surface area contributed by atoms with Crippen LogP contribution >= 0.6 is 11.3 Å². The van der Waals surface area contributed by atoms with Gasteiger partial charge in [0, 0.05) is 0 Å². The number of rotatable bonds is 3. The number of nitrogen functional groups attached to an aromatic ring is 1. The fourth-order valence-corrected chi connectivity index (χ4v) is 2.39. The molecule has 0 saturated carbocycles. The van der Waals surface area contributed by atoms with Crippen molar-refractivity contribution < 1.29 is 19.1 Å². The lowest BCUT2D eigenvalue weighted by Gasteiger charge is -2.19. The summed E-state index contributed by atoms with van der Waals surface area (Å²) in [5.74, 6) is -0.986. The van der Waals surface area contributed by atoms with E-state index in [9.17, 15) is 9.59 Å². The number of thiophene rings is 1. The van der Waals surface area contributed by atoms with Crippen LogP contribution in [0.25, 0.3) is 0 Å². The van der Waals surface area contributed by atoms with E-state index in [0.29, 0.717) is 10.4 Å². The molecule has 1 aromatic heterocycles. The number of hydrogen-bond acceptors (Lipinski definition) is 6. The predicted octanol–water partition coefficient (Wildman–Crippen LogP) is 2.77. The summed E-state index contributed by atoms with van der Waals surface area (Å²) >= 11 is 1.01. The highest BCUT2D eigenvalue weighted by Crippen LogP contribution is 2.32. The van der Waals surface area contributed by atoms with Crippen LogP contribution < -0.4 is 5.73 Å². The summed E-state index contributed by atoms with van der Waals surface area (Å²) in [7, 11) is 0. The van der Waals surface area contributed by atoms with Gasteiger partial charge < -0.3 is 15.2 Å². The molecule has 0 aromatic carbocycles. The monoisotopic (exact) mass is 285 g/mol. The maximum absolute atomic E-state index is 12.0. The maximum Gasteiger partial charge on any atom is 0.351 e. The van der Waals surface area contributed by atoms with E-state index < -0.39 is 17.5 Å². The van der Waals surface area contributed by atoms with Crippen molar-refractivity contribution in [3.63, 3.8) is 0 Å². The van der Waals surface area contributed by atoms with Crippen molar-refractivity contribution in [3.05, 3.63) is 15.3 Å². The molecule has 2 N–H and O–H groups in total. The largest absolute Gasteiger partial charge is 0.462 e. The van der Waals surface area contributed by atoms with E-state index in [-0.39, 0.29) is 17.2 Å². The second-order valence-electron chi connectivity index (χ2n) is 5.02. The lowest BCUT2D eigenvalue weighted by Crippen LogP contribution is -2.23. The Bertz CT molecular complexity index is 499. The number of carbonyl (C=O) groups is 2. The van der Waals surface area contributed by atoms with Gasteiger partial charge >= 0.3 is 11.9 Å². The van der Waals surface area contributed by atoms with Gasteiger partial charge in [0.25, 0.3) is 0 Å². The van der Waals surface area contributed by atoms with Gasteiger partial charge in [-0.25, -0.2) is 9.59 Å². The molecule has 0 aliphatic carbocycles. The normalized spacial score (nSPS) is 11.2.